The van der Waals surface area contributed by atoms with Gasteiger partial charge in [0, 0.05) is 0 Å². The Morgan fingerprint density at radius 3 is 1.74 bits per heavy atom. The predicted molar refractivity (Wildman–Crippen MR) is 105 cm³/mol. The number of hydrogen-bond acceptors (Lipinski definition) is 3. The van der Waals surface area contributed by atoms with E-state index in [1.807, 2.05) is 55.6 Å². The summed E-state index contributed by atoms with van der Waals surface area (Å²) in [6.45, 7) is 0.305. The number of carbonyl (C=O) groups is 2. The molecule has 0 aromatic heterocycles. The molecule has 2 amide bonds. The van der Waals surface area contributed by atoms with Crippen molar-refractivity contribution in [1.82, 2.24) is 9.80 Å². The molecule has 1 saturated heterocycles. The number of fused-ring (bicyclic) bond motifs is 1. The molecule has 0 saturated carbocycles. The molecular formula is C23H24N2O2. The summed E-state index contributed by atoms with van der Waals surface area (Å²) in [5, 5.41) is 0. The van der Waals surface area contributed by atoms with Crippen LogP contribution in [0.25, 0.3) is 0 Å². The van der Waals surface area contributed by atoms with Gasteiger partial charge in [0.15, 0.2) is 0 Å². The summed E-state index contributed by atoms with van der Waals surface area (Å²) in [7, 11) is 1.98. The molecule has 0 bridgehead atoms. The molecule has 0 unspecified atom stereocenters. The van der Waals surface area contributed by atoms with E-state index in [-0.39, 0.29) is 29.7 Å². The second-order valence-electron chi connectivity index (χ2n) is 7.38. The Bertz CT molecular complexity index is 782. The highest BCUT2D eigenvalue weighted by atomic mass is 16.2. The van der Waals surface area contributed by atoms with Gasteiger partial charge in [0.2, 0.25) is 11.8 Å². The van der Waals surface area contributed by atoms with Crippen molar-refractivity contribution in [2.75, 3.05) is 13.7 Å². The molecule has 2 aromatic rings. The minimum Gasteiger partial charge on any atom is -0.277 e. The van der Waals surface area contributed by atoms with E-state index in [1.165, 1.54) is 4.90 Å². The van der Waals surface area contributed by atoms with Gasteiger partial charge in [-0.2, -0.15) is 0 Å². The molecule has 0 spiro atoms. The van der Waals surface area contributed by atoms with Crippen LogP contribution in [0.5, 0.6) is 0 Å². The maximum atomic E-state index is 12.8. The zero-order valence-electron chi connectivity index (χ0n) is 15.5. The average Bonchev–Trinajstić information content (AvgIpc) is 2.95. The van der Waals surface area contributed by atoms with E-state index in [0.717, 1.165) is 11.1 Å². The van der Waals surface area contributed by atoms with Gasteiger partial charge < -0.3 is 0 Å². The Hall–Kier alpha value is -2.72. The van der Waals surface area contributed by atoms with Crippen molar-refractivity contribution in [2.24, 2.45) is 11.8 Å². The van der Waals surface area contributed by atoms with Crippen molar-refractivity contribution < 1.29 is 9.59 Å². The SMILES string of the molecule is CN(CN1C(=O)[C@@H]2CC=CC[C@H]2C1=O)C(c1ccccc1)c1ccccc1. The lowest BCUT2D eigenvalue weighted by Crippen LogP contribution is -2.42. The smallest absolute Gasteiger partial charge is 0.234 e. The molecule has 1 heterocycles. The minimum atomic E-state index is -0.178. The van der Waals surface area contributed by atoms with Crippen molar-refractivity contribution in [3.8, 4) is 0 Å². The van der Waals surface area contributed by atoms with Gasteiger partial charge in [-0.25, -0.2) is 0 Å². The van der Waals surface area contributed by atoms with E-state index in [0.29, 0.717) is 19.5 Å². The molecule has 1 aliphatic heterocycles. The molecule has 2 atom stereocenters. The summed E-state index contributed by atoms with van der Waals surface area (Å²) in [6.07, 6.45) is 5.40. The Balaban J connectivity index is 1.60. The van der Waals surface area contributed by atoms with Crippen molar-refractivity contribution >= 4 is 11.8 Å². The molecule has 4 heteroatoms. The van der Waals surface area contributed by atoms with E-state index in [1.54, 1.807) is 0 Å². The van der Waals surface area contributed by atoms with Crippen LogP contribution < -0.4 is 0 Å². The van der Waals surface area contributed by atoms with Gasteiger partial charge in [-0.3, -0.25) is 19.4 Å². The van der Waals surface area contributed by atoms with Gasteiger partial charge >= 0.3 is 0 Å². The number of carbonyl (C=O) groups excluding carboxylic acids is 2. The first kappa shape index (κ1) is 17.7. The maximum absolute atomic E-state index is 12.8. The van der Waals surface area contributed by atoms with Crippen LogP contribution in [0.15, 0.2) is 72.8 Å². The fourth-order valence-corrected chi connectivity index (χ4v) is 4.29. The highest BCUT2D eigenvalue weighted by molar-refractivity contribution is 6.05. The second-order valence-corrected chi connectivity index (χ2v) is 7.38. The number of allylic oxidation sites excluding steroid dienone is 2. The lowest BCUT2D eigenvalue weighted by Gasteiger charge is -2.32. The minimum absolute atomic E-state index is 0.0197. The number of benzene rings is 2. The topological polar surface area (TPSA) is 40.6 Å². The van der Waals surface area contributed by atoms with Crippen LogP contribution in [0.2, 0.25) is 0 Å². The Morgan fingerprint density at radius 2 is 1.30 bits per heavy atom. The van der Waals surface area contributed by atoms with Crippen LogP contribution in [-0.4, -0.2) is 35.3 Å². The molecule has 2 aliphatic rings. The normalized spacial score (nSPS) is 22.0. The first-order valence-electron chi connectivity index (χ1n) is 9.47. The number of amides is 2. The quantitative estimate of drug-likeness (QED) is 0.604. The fraction of sp³-hybridized carbons (Fsp3) is 0.304. The number of likely N-dealkylation sites (tertiary alicyclic amines) is 1. The largest absolute Gasteiger partial charge is 0.277 e. The first-order valence-corrected chi connectivity index (χ1v) is 9.47. The summed E-state index contributed by atoms with van der Waals surface area (Å²) in [5.74, 6) is -0.409. The van der Waals surface area contributed by atoms with E-state index in [9.17, 15) is 9.59 Å². The first-order chi connectivity index (χ1) is 13.2. The third kappa shape index (κ3) is 3.33. The summed E-state index contributed by atoms with van der Waals surface area (Å²) in [5.41, 5.74) is 2.29. The summed E-state index contributed by atoms with van der Waals surface area (Å²) >= 11 is 0. The van der Waals surface area contributed by atoms with Crippen LogP contribution in [-0.2, 0) is 9.59 Å². The van der Waals surface area contributed by atoms with E-state index in [2.05, 4.69) is 29.2 Å². The van der Waals surface area contributed by atoms with E-state index < -0.39 is 0 Å². The number of imide groups is 1. The van der Waals surface area contributed by atoms with E-state index >= 15 is 0 Å². The number of rotatable bonds is 5. The Labute approximate surface area is 160 Å². The molecule has 27 heavy (non-hydrogen) atoms. The third-order valence-corrected chi connectivity index (χ3v) is 5.63. The molecule has 138 valence electrons. The highest BCUT2D eigenvalue weighted by Crippen LogP contribution is 2.36. The van der Waals surface area contributed by atoms with Gasteiger partial charge in [0.1, 0.15) is 0 Å². The second kappa shape index (κ2) is 7.49. The van der Waals surface area contributed by atoms with Crippen molar-refractivity contribution in [1.29, 1.82) is 0 Å². The van der Waals surface area contributed by atoms with Crippen LogP contribution >= 0.6 is 0 Å². The van der Waals surface area contributed by atoms with Gasteiger partial charge in [0.05, 0.1) is 24.5 Å². The zero-order valence-corrected chi connectivity index (χ0v) is 15.5. The Morgan fingerprint density at radius 1 is 0.852 bits per heavy atom. The van der Waals surface area contributed by atoms with Crippen LogP contribution in [0.4, 0.5) is 0 Å². The van der Waals surface area contributed by atoms with Gasteiger partial charge in [0.25, 0.3) is 0 Å². The third-order valence-electron chi connectivity index (χ3n) is 5.63. The van der Waals surface area contributed by atoms with Crippen molar-refractivity contribution in [2.45, 2.75) is 18.9 Å². The Kier molecular flexibility index (Phi) is 4.90. The van der Waals surface area contributed by atoms with E-state index in [4.69, 9.17) is 0 Å². The van der Waals surface area contributed by atoms with Crippen molar-refractivity contribution in [3.63, 3.8) is 0 Å². The highest BCUT2D eigenvalue weighted by Gasteiger charge is 2.47. The molecule has 0 radical (unpaired) electrons. The summed E-state index contributed by atoms with van der Waals surface area (Å²) < 4.78 is 0. The van der Waals surface area contributed by atoms with Crippen molar-refractivity contribution in [3.05, 3.63) is 83.9 Å². The maximum Gasteiger partial charge on any atom is 0.234 e. The molecule has 1 aliphatic carbocycles. The zero-order chi connectivity index (χ0) is 18.8. The molecule has 2 aromatic carbocycles. The van der Waals surface area contributed by atoms with Crippen LogP contribution in [0, 0.1) is 11.8 Å². The lowest BCUT2D eigenvalue weighted by atomic mass is 9.85. The van der Waals surface area contributed by atoms with Crippen LogP contribution in [0.3, 0.4) is 0 Å². The molecule has 4 nitrogen and oxygen atoms in total. The summed E-state index contributed by atoms with van der Waals surface area (Å²) in [4.78, 5) is 29.2. The number of nitrogens with zero attached hydrogens (tertiary/aromatic N) is 2. The van der Waals surface area contributed by atoms with Gasteiger partial charge in [-0.15, -0.1) is 0 Å². The van der Waals surface area contributed by atoms with Gasteiger partial charge in [-0.1, -0.05) is 72.8 Å². The molecule has 0 N–H and O–H groups in total. The molecule has 1 fully saturated rings. The fourth-order valence-electron chi connectivity index (χ4n) is 4.29. The predicted octanol–water partition coefficient (Wildman–Crippen LogP) is 3.62. The lowest BCUT2D eigenvalue weighted by molar-refractivity contribution is -0.142. The van der Waals surface area contributed by atoms with Crippen LogP contribution in [0.1, 0.15) is 30.0 Å². The summed E-state index contributed by atoms with van der Waals surface area (Å²) in [6, 6.07) is 20.4. The monoisotopic (exact) mass is 360 g/mol. The average molecular weight is 360 g/mol. The number of hydrogen-bond donors (Lipinski definition) is 0. The van der Waals surface area contributed by atoms with Gasteiger partial charge in [-0.05, 0) is 31.0 Å². The molecule has 4 rings (SSSR count). The standard InChI is InChI=1S/C23H24N2O2/c1-24(16-25-22(26)19-14-8-9-15-20(19)23(25)27)21(17-10-4-2-5-11-17)18-12-6-3-7-13-18/h2-13,19-21H,14-16H2,1H3/t19-,20-/m1/s1. The molecular weight excluding hydrogens is 336 g/mol.